The van der Waals surface area contributed by atoms with E-state index in [1.54, 1.807) is 12.1 Å². The summed E-state index contributed by atoms with van der Waals surface area (Å²) < 4.78 is 7.91. The fourth-order valence-corrected chi connectivity index (χ4v) is 4.37. The van der Waals surface area contributed by atoms with Gasteiger partial charge in [-0.1, -0.05) is 6.92 Å². The van der Waals surface area contributed by atoms with Crippen molar-refractivity contribution in [2.24, 2.45) is 17.5 Å². The standard InChI is InChI=1S/C22H31BN6O/c1-13(23)18-5-4-17-20-19(10-16(11-26-20)21(14(2)24)28(3)25)29(22(17)27-18)12-15-6-8-30-9-7-15/h4-5,10-11,13,15H,6-9,12,23-25H2,1-3H3/b21-14-. The van der Waals surface area contributed by atoms with Gasteiger partial charge in [0.1, 0.15) is 13.5 Å². The number of hydrogen-bond donors (Lipinski definition) is 2. The van der Waals surface area contributed by atoms with E-state index in [-0.39, 0.29) is 0 Å². The molecule has 30 heavy (non-hydrogen) atoms. The highest BCUT2D eigenvalue weighted by Gasteiger charge is 2.21. The number of ether oxygens (including phenoxy) is 1. The molecule has 0 aromatic carbocycles. The Bertz CT molecular complexity index is 1090. The number of pyridine rings is 2. The molecule has 158 valence electrons. The Labute approximate surface area is 178 Å². The molecule has 3 aromatic rings. The van der Waals surface area contributed by atoms with Gasteiger partial charge in [-0.3, -0.25) is 4.98 Å². The Morgan fingerprint density at radius 2 is 2.10 bits per heavy atom. The van der Waals surface area contributed by atoms with Gasteiger partial charge in [0.05, 0.1) is 16.7 Å². The van der Waals surface area contributed by atoms with E-state index in [1.165, 1.54) is 0 Å². The summed E-state index contributed by atoms with van der Waals surface area (Å²) >= 11 is 0. The molecular weight excluding hydrogens is 375 g/mol. The lowest BCUT2D eigenvalue weighted by Crippen LogP contribution is -2.26. The lowest BCUT2D eigenvalue weighted by molar-refractivity contribution is 0.0619. The molecule has 0 radical (unpaired) electrons. The van der Waals surface area contributed by atoms with Crippen molar-refractivity contribution >= 4 is 35.6 Å². The maximum Gasteiger partial charge on any atom is 0.142 e. The zero-order valence-corrected chi connectivity index (χ0v) is 18.4. The van der Waals surface area contributed by atoms with Crippen molar-refractivity contribution in [1.29, 1.82) is 0 Å². The van der Waals surface area contributed by atoms with Crippen LogP contribution in [0.25, 0.3) is 27.8 Å². The average molecular weight is 406 g/mol. The van der Waals surface area contributed by atoms with Crippen LogP contribution in [0.4, 0.5) is 0 Å². The molecule has 7 nitrogen and oxygen atoms in total. The molecule has 4 rings (SSSR count). The minimum absolute atomic E-state index is 0.368. The van der Waals surface area contributed by atoms with Crippen molar-refractivity contribution in [3.8, 4) is 0 Å². The summed E-state index contributed by atoms with van der Waals surface area (Å²) in [7, 11) is 3.97. The molecule has 0 amide bonds. The van der Waals surface area contributed by atoms with Crippen LogP contribution in [0.3, 0.4) is 0 Å². The van der Waals surface area contributed by atoms with Gasteiger partial charge in [-0.2, -0.15) is 0 Å². The molecule has 1 fully saturated rings. The summed E-state index contributed by atoms with van der Waals surface area (Å²) in [6.45, 7) is 6.59. The van der Waals surface area contributed by atoms with Gasteiger partial charge in [-0.15, -0.1) is 0 Å². The highest BCUT2D eigenvalue weighted by Crippen LogP contribution is 2.32. The second kappa shape index (κ2) is 8.28. The summed E-state index contributed by atoms with van der Waals surface area (Å²) in [6.07, 6.45) is 3.99. The summed E-state index contributed by atoms with van der Waals surface area (Å²) in [5.41, 5.74) is 12.6. The second-order valence-corrected chi connectivity index (χ2v) is 8.66. The Hall–Kier alpha value is -2.58. The third-order valence-electron chi connectivity index (χ3n) is 5.94. The van der Waals surface area contributed by atoms with Gasteiger partial charge in [-0.25, -0.2) is 10.8 Å². The molecular formula is C22H31BN6O. The first-order chi connectivity index (χ1) is 14.4. The fraction of sp³-hybridized carbons (Fsp3) is 0.455. The maximum atomic E-state index is 6.13. The number of nitrogens with two attached hydrogens (primary N) is 2. The minimum Gasteiger partial charge on any atom is -0.401 e. The largest absolute Gasteiger partial charge is 0.401 e. The van der Waals surface area contributed by atoms with Crippen LogP contribution in [-0.4, -0.2) is 47.7 Å². The number of rotatable bonds is 5. The van der Waals surface area contributed by atoms with Gasteiger partial charge in [0, 0.05) is 55.3 Å². The van der Waals surface area contributed by atoms with Gasteiger partial charge < -0.3 is 20.0 Å². The van der Waals surface area contributed by atoms with Crippen LogP contribution in [0.2, 0.25) is 0 Å². The maximum absolute atomic E-state index is 6.13. The molecule has 1 unspecified atom stereocenters. The van der Waals surface area contributed by atoms with E-state index >= 15 is 0 Å². The van der Waals surface area contributed by atoms with E-state index in [0.29, 0.717) is 17.4 Å². The van der Waals surface area contributed by atoms with E-state index in [2.05, 4.69) is 37.5 Å². The van der Waals surface area contributed by atoms with Crippen molar-refractivity contribution in [3.63, 3.8) is 0 Å². The molecule has 0 aliphatic carbocycles. The average Bonchev–Trinajstić information content (AvgIpc) is 3.01. The van der Waals surface area contributed by atoms with Crippen molar-refractivity contribution < 1.29 is 4.74 Å². The van der Waals surface area contributed by atoms with E-state index in [4.69, 9.17) is 26.3 Å². The topological polar surface area (TPSA) is 95.2 Å². The summed E-state index contributed by atoms with van der Waals surface area (Å²) in [5, 5.41) is 2.64. The van der Waals surface area contributed by atoms with E-state index in [0.717, 1.165) is 71.6 Å². The highest BCUT2D eigenvalue weighted by molar-refractivity contribution is 6.12. The van der Waals surface area contributed by atoms with Crippen LogP contribution in [-0.2, 0) is 11.3 Å². The second-order valence-electron chi connectivity index (χ2n) is 8.66. The van der Waals surface area contributed by atoms with Crippen LogP contribution in [0.1, 0.15) is 43.8 Å². The zero-order chi connectivity index (χ0) is 21.4. The molecule has 1 aliphatic rings. The lowest BCUT2D eigenvalue weighted by atomic mass is 9.86. The van der Waals surface area contributed by atoms with Crippen LogP contribution < -0.4 is 11.6 Å². The van der Waals surface area contributed by atoms with Crippen LogP contribution in [0, 0.1) is 5.92 Å². The Morgan fingerprint density at radius 3 is 2.73 bits per heavy atom. The predicted molar refractivity (Wildman–Crippen MR) is 124 cm³/mol. The molecule has 1 saturated heterocycles. The molecule has 4 N–H and O–H groups in total. The number of hydrazine groups is 1. The summed E-state index contributed by atoms with van der Waals surface area (Å²) in [5.74, 6) is 7.00. The molecule has 0 bridgehead atoms. The predicted octanol–water partition coefficient (Wildman–Crippen LogP) is 2.16. The zero-order valence-electron chi connectivity index (χ0n) is 18.4. The van der Waals surface area contributed by atoms with Crippen molar-refractivity contribution in [2.45, 2.75) is 39.1 Å². The number of aromatic nitrogens is 3. The van der Waals surface area contributed by atoms with Gasteiger partial charge in [0.25, 0.3) is 0 Å². The molecule has 8 heteroatoms. The first-order valence-electron chi connectivity index (χ1n) is 10.7. The monoisotopic (exact) mass is 406 g/mol. The van der Waals surface area contributed by atoms with Gasteiger partial charge >= 0.3 is 0 Å². The quantitative estimate of drug-likeness (QED) is 0.383. The first kappa shape index (κ1) is 20.7. The van der Waals surface area contributed by atoms with Gasteiger partial charge in [0.2, 0.25) is 0 Å². The Morgan fingerprint density at radius 1 is 1.37 bits per heavy atom. The first-order valence-corrected chi connectivity index (χ1v) is 10.7. The van der Waals surface area contributed by atoms with E-state index in [1.807, 2.05) is 13.1 Å². The smallest absolute Gasteiger partial charge is 0.142 e. The summed E-state index contributed by atoms with van der Waals surface area (Å²) in [4.78, 5) is 9.87. The molecule has 0 spiro atoms. The summed E-state index contributed by atoms with van der Waals surface area (Å²) in [6, 6.07) is 6.42. The molecule has 4 heterocycles. The van der Waals surface area contributed by atoms with Crippen LogP contribution in [0.5, 0.6) is 0 Å². The van der Waals surface area contributed by atoms with Crippen molar-refractivity contribution in [3.05, 3.63) is 41.4 Å². The molecule has 1 atom stereocenters. The normalized spacial score (nSPS) is 17.3. The van der Waals surface area contributed by atoms with E-state index in [9.17, 15) is 0 Å². The Kier molecular flexibility index (Phi) is 5.71. The van der Waals surface area contributed by atoms with Crippen molar-refractivity contribution in [1.82, 2.24) is 19.5 Å². The number of fused-ring (bicyclic) bond motifs is 3. The third kappa shape index (κ3) is 3.77. The Balaban J connectivity index is 1.94. The van der Waals surface area contributed by atoms with Crippen LogP contribution in [0.15, 0.2) is 30.1 Å². The number of hydrogen-bond acceptors (Lipinski definition) is 6. The fourth-order valence-electron chi connectivity index (χ4n) is 4.37. The SMILES string of the molecule is BC(C)c1ccc2c3ncc(/C(=C(\C)N)N(C)N)cc3n(CC3CCOCC3)c2n1. The molecule has 1 aliphatic heterocycles. The van der Waals surface area contributed by atoms with Gasteiger partial charge in [0.15, 0.2) is 0 Å². The van der Waals surface area contributed by atoms with E-state index < -0.39 is 0 Å². The molecule has 3 aromatic heterocycles. The lowest BCUT2D eigenvalue weighted by Gasteiger charge is -2.23. The molecule has 0 saturated carbocycles. The minimum atomic E-state index is 0.368. The number of nitrogens with zero attached hydrogens (tertiary/aromatic N) is 4. The highest BCUT2D eigenvalue weighted by atomic mass is 16.5. The number of allylic oxidation sites excluding steroid dienone is 1. The van der Waals surface area contributed by atoms with Crippen molar-refractivity contribution in [2.75, 3.05) is 20.3 Å². The van der Waals surface area contributed by atoms with Gasteiger partial charge in [-0.05, 0) is 49.7 Å². The third-order valence-corrected chi connectivity index (χ3v) is 5.94. The van der Waals surface area contributed by atoms with Crippen LogP contribution >= 0.6 is 0 Å².